The smallest absolute Gasteiger partial charge is 0.174 e. The van der Waals surface area contributed by atoms with E-state index in [2.05, 4.69) is 60.1 Å². The van der Waals surface area contributed by atoms with Gasteiger partial charge in [0.05, 0.1) is 23.4 Å². The van der Waals surface area contributed by atoms with Crippen LogP contribution < -0.4 is 15.0 Å². The van der Waals surface area contributed by atoms with E-state index in [1.807, 2.05) is 54.6 Å². The highest BCUT2D eigenvalue weighted by Crippen LogP contribution is 2.43. The number of pyridine rings is 1. The maximum atomic E-state index is 6.62. The summed E-state index contributed by atoms with van der Waals surface area (Å²) in [5.74, 6) is 0.603. The molecule has 0 aliphatic carbocycles. The van der Waals surface area contributed by atoms with E-state index in [1.54, 1.807) is 13.3 Å². The Morgan fingerprint density at radius 2 is 1.83 bits per heavy atom. The van der Waals surface area contributed by atoms with Crippen molar-refractivity contribution < 1.29 is 9.47 Å². The van der Waals surface area contributed by atoms with E-state index in [-0.39, 0.29) is 12.1 Å². The van der Waals surface area contributed by atoms with Gasteiger partial charge in [-0.3, -0.25) is 4.98 Å². The Labute approximate surface area is 228 Å². The van der Waals surface area contributed by atoms with Crippen molar-refractivity contribution >= 4 is 50.5 Å². The maximum Gasteiger partial charge on any atom is 0.174 e. The molecule has 0 unspecified atom stereocenters. The Kier molecular flexibility index (Phi) is 7.57. The number of halogens is 2. The number of nitrogens with zero attached hydrogens (tertiary/aromatic N) is 3. The van der Waals surface area contributed by atoms with Crippen LogP contribution >= 0.6 is 39.7 Å². The second-order valence-corrected chi connectivity index (χ2v) is 9.94. The lowest BCUT2D eigenvalue weighted by Crippen LogP contribution is -2.30. The van der Waals surface area contributed by atoms with Crippen LogP contribution in [0, 0.1) is 0 Å². The molecule has 1 aliphatic heterocycles. The van der Waals surface area contributed by atoms with E-state index in [0.29, 0.717) is 29.1 Å². The number of methoxy groups -OCH3 is 1. The topological polar surface area (TPSA) is 51.6 Å². The standard InChI is InChI=1S/C27H24BrClN4O2S/c1-34-15-16-35-24-12-11-20(17-21(24)29)33-26(25(31-27(33)36)22-5-2-3-13-30-22)23-6-4-14-32(23)19-9-7-18(28)8-10-19/h2-14,17,25-26H,15-16H2,1H3,(H,31,36)/t25-,26-/m0/s1. The lowest BCUT2D eigenvalue weighted by Gasteiger charge is -2.29. The first-order chi connectivity index (χ1) is 17.6. The minimum atomic E-state index is -0.178. The first-order valence-electron chi connectivity index (χ1n) is 11.4. The Hall–Kier alpha value is -2.91. The van der Waals surface area contributed by atoms with Crippen LogP contribution in [-0.2, 0) is 4.74 Å². The van der Waals surface area contributed by atoms with Gasteiger partial charge in [-0.15, -0.1) is 0 Å². The zero-order chi connectivity index (χ0) is 25.1. The third-order valence-corrected chi connectivity index (χ3v) is 7.16. The monoisotopic (exact) mass is 582 g/mol. The molecule has 9 heteroatoms. The summed E-state index contributed by atoms with van der Waals surface area (Å²) in [6.45, 7) is 0.906. The SMILES string of the molecule is COCCOc1ccc(N2C(=S)N[C@@H](c3ccccn3)[C@@H]2c2cccn2-c2ccc(Br)cc2)cc1Cl. The van der Waals surface area contributed by atoms with Gasteiger partial charge in [-0.1, -0.05) is 33.6 Å². The number of hydrogen-bond donors (Lipinski definition) is 1. The molecule has 0 amide bonds. The average molecular weight is 584 g/mol. The first-order valence-corrected chi connectivity index (χ1v) is 13.0. The molecule has 1 fully saturated rings. The molecule has 2 atom stereocenters. The highest BCUT2D eigenvalue weighted by Gasteiger charge is 2.42. The van der Waals surface area contributed by atoms with Crippen molar-refractivity contribution in [2.45, 2.75) is 12.1 Å². The Balaban J connectivity index is 1.58. The van der Waals surface area contributed by atoms with Crippen molar-refractivity contribution in [3.05, 3.63) is 106 Å². The van der Waals surface area contributed by atoms with Gasteiger partial charge in [0.15, 0.2) is 5.11 Å². The van der Waals surface area contributed by atoms with Crippen LogP contribution in [0.1, 0.15) is 23.5 Å². The highest BCUT2D eigenvalue weighted by molar-refractivity contribution is 9.10. The Morgan fingerprint density at radius 1 is 1.03 bits per heavy atom. The molecule has 3 heterocycles. The van der Waals surface area contributed by atoms with Gasteiger partial charge in [0, 0.05) is 41.0 Å². The van der Waals surface area contributed by atoms with Crippen molar-refractivity contribution in [3.63, 3.8) is 0 Å². The summed E-state index contributed by atoms with van der Waals surface area (Å²) in [5.41, 5.74) is 3.89. The number of anilines is 1. The molecule has 0 bridgehead atoms. The molecule has 0 spiro atoms. The number of thiocarbonyl (C=S) groups is 1. The van der Waals surface area contributed by atoms with E-state index in [9.17, 15) is 0 Å². The van der Waals surface area contributed by atoms with Crippen molar-refractivity contribution in [2.75, 3.05) is 25.2 Å². The maximum absolute atomic E-state index is 6.62. The summed E-state index contributed by atoms with van der Waals surface area (Å²) < 4.78 is 14.0. The largest absolute Gasteiger partial charge is 0.490 e. The van der Waals surface area contributed by atoms with E-state index >= 15 is 0 Å². The van der Waals surface area contributed by atoms with Crippen LogP contribution in [0.2, 0.25) is 5.02 Å². The summed E-state index contributed by atoms with van der Waals surface area (Å²) in [6, 6.07) is 23.7. The van der Waals surface area contributed by atoms with Gasteiger partial charge in [0.1, 0.15) is 18.4 Å². The molecule has 0 saturated carbocycles. The normalized spacial score (nSPS) is 17.3. The molecule has 2 aromatic heterocycles. The fraction of sp³-hybridized carbons (Fsp3) is 0.185. The number of hydrogen-bond acceptors (Lipinski definition) is 4. The van der Waals surface area contributed by atoms with E-state index in [1.165, 1.54) is 0 Å². The average Bonchev–Trinajstić information content (AvgIpc) is 3.50. The quantitative estimate of drug-likeness (QED) is 0.189. The van der Waals surface area contributed by atoms with Crippen LogP contribution in [0.5, 0.6) is 5.75 Å². The molecule has 1 aliphatic rings. The molecular formula is C27H24BrClN4O2S. The predicted molar refractivity (Wildman–Crippen MR) is 150 cm³/mol. The summed E-state index contributed by atoms with van der Waals surface area (Å²) >= 11 is 16.0. The summed E-state index contributed by atoms with van der Waals surface area (Å²) in [4.78, 5) is 6.75. The Bertz CT molecular complexity index is 1350. The molecule has 36 heavy (non-hydrogen) atoms. The molecule has 1 saturated heterocycles. The predicted octanol–water partition coefficient (Wildman–Crippen LogP) is 6.49. The van der Waals surface area contributed by atoms with Gasteiger partial charge in [-0.05, 0) is 78.9 Å². The molecule has 0 radical (unpaired) electrons. The van der Waals surface area contributed by atoms with Crippen LogP contribution in [0.25, 0.3) is 5.69 Å². The van der Waals surface area contributed by atoms with Gasteiger partial charge in [0.2, 0.25) is 0 Å². The van der Waals surface area contributed by atoms with Crippen molar-refractivity contribution in [2.24, 2.45) is 0 Å². The van der Waals surface area contributed by atoms with E-state index in [0.717, 1.165) is 27.2 Å². The molecular weight excluding hydrogens is 560 g/mol. The molecule has 4 aromatic rings. The van der Waals surface area contributed by atoms with Gasteiger partial charge >= 0.3 is 0 Å². The summed E-state index contributed by atoms with van der Waals surface area (Å²) in [6.07, 6.45) is 3.86. The second-order valence-electron chi connectivity index (χ2n) is 8.23. The van der Waals surface area contributed by atoms with Crippen LogP contribution in [0.4, 0.5) is 5.69 Å². The lowest BCUT2D eigenvalue weighted by molar-refractivity contribution is 0.146. The van der Waals surface area contributed by atoms with Gasteiger partial charge < -0.3 is 24.3 Å². The van der Waals surface area contributed by atoms with E-state index < -0.39 is 0 Å². The number of ether oxygens (including phenoxy) is 2. The van der Waals surface area contributed by atoms with Crippen LogP contribution in [-0.4, -0.2) is 35.0 Å². The summed E-state index contributed by atoms with van der Waals surface area (Å²) in [5, 5.41) is 4.61. The van der Waals surface area contributed by atoms with Crippen molar-refractivity contribution in [1.29, 1.82) is 0 Å². The number of rotatable bonds is 8. The summed E-state index contributed by atoms with van der Waals surface area (Å²) in [7, 11) is 1.64. The van der Waals surface area contributed by atoms with Gasteiger partial charge in [0.25, 0.3) is 0 Å². The molecule has 6 nitrogen and oxygen atoms in total. The van der Waals surface area contributed by atoms with E-state index in [4.69, 9.17) is 33.3 Å². The molecule has 184 valence electrons. The van der Waals surface area contributed by atoms with Crippen LogP contribution in [0.15, 0.2) is 89.7 Å². The Morgan fingerprint density at radius 3 is 2.56 bits per heavy atom. The van der Waals surface area contributed by atoms with Crippen LogP contribution in [0.3, 0.4) is 0 Å². The first kappa shape index (κ1) is 24.8. The second kappa shape index (κ2) is 11.0. The number of nitrogens with one attached hydrogen (secondary N) is 1. The number of benzene rings is 2. The zero-order valence-electron chi connectivity index (χ0n) is 19.5. The molecule has 2 aromatic carbocycles. The lowest BCUT2D eigenvalue weighted by atomic mass is 10.0. The third kappa shape index (κ3) is 4.99. The molecule has 1 N–H and O–H groups in total. The third-order valence-electron chi connectivity index (χ3n) is 6.02. The highest BCUT2D eigenvalue weighted by atomic mass is 79.9. The number of aromatic nitrogens is 2. The molecule has 5 rings (SSSR count). The van der Waals surface area contributed by atoms with Crippen molar-refractivity contribution in [1.82, 2.24) is 14.9 Å². The minimum absolute atomic E-state index is 0.167. The van der Waals surface area contributed by atoms with Gasteiger partial charge in [-0.2, -0.15) is 0 Å². The fourth-order valence-electron chi connectivity index (χ4n) is 4.40. The van der Waals surface area contributed by atoms with Crippen molar-refractivity contribution in [3.8, 4) is 11.4 Å². The zero-order valence-corrected chi connectivity index (χ0v) is 22.6. The van der Waals surface area contributed by atoms with Gasteiger partial charge in [-0.25, -0.2) is 0 Å². The minimum Gasteiger partial charge on any atom is -0.490 e. The fourth-order valence-corrected chi connectivity index (χ4v) is 5.24.